The summed E-state index contributed by atoms with van der Waals surface area (Å²) in [7, 11) is 0. The van der Waals surface area contributed by atoms with Crippen molar-refractivity contribution in [2.24, 2.45) is 0 Å². The fraction of sp³-hybridized carbons (Fsp3) is 0.312. The monoisotopic (exact) mass is 536 g/mol. The summed E-state index contributed by atoms with van der Waals surface area (Å²) in [5, 5.41) is 35.7. The maximum atomic E-state index is 12.4. The van der Waals surface area contributed by atoms with Gasteiger partial charge in [-0.25, -0.2) is 4.85 Å². The first-order valence-corrected chi connectivity index (χ1v) is 13.5. The van der Waals surface area contributed by atoms with Gasteiger partial charge in [0.05, 0.1) is 36.1 Å². The number of hydrogen-bond acceptors (Lipinski definition) is 6. The zero-order chi connectivity index (χ0) is 27.8. The molecule has 3 heterocycles. The Morgan fingerprint density at radius 2 is 1.82 bits per heavy atom. The summed E-state index contributed by atoms with van der Waals surface area (Å²) in [6.07, 6.45) is 1.77. The number of carbonyl (C=O) groups excluding carboxylic acids is 1. The summed E-state index contributed by atoms with van der Waals surface area (Å²) in [5.74, 6) is 0.430. The molecule has 0 amide bonds. The number of aliphatic hydroxyl groups is 1. The van der Waals surface area contributed by atoms with E-state index in [-0.39, 0.29) is 30.6 Å². The third kappa shape index (κ3) is 3.22. The summed E-state index contributed by atoms with van der Waals surface area (Å²) < 4.78 is 14.0. The first-order chi connectivity index (χ1) is 19.3. The summed E-state index contributed by atoms with van der Waals surface area (Å²) in [4.78, 5) is 16.0. The predicted molar refractivity (Wildman–Crippen MR) is 147 cm³/mol. The number of Topliss-reactive ketones (excluding diaryl/α,β-unsaturated/α-hetero) is 1. The Hall–Kier alpha value is -4.32. The molecule has 4 aromatic rings. The number of aromatic hydroxyl groups is 2. The van der Waals surface area contributed by atoms with Crippen molar-refractivity contribution in [3.8, 4) is 23.2 Å². The van der Waals surface area contributed by atoms with Crippen LogP contribution in [0.3, 0.4) is 0 Å². The van der Waals surface area contributed by atoms with E-state index in [4.69, 9.17) is 16.0 Å². The average molecular weight is 537 g/mol. The fourth-order valence-electron chi connectivity index (χ4n) is 7.01. The van der Waals surface area contributed by atoms with Crippen LogP contribution in [0.25, 0.3) is 21.3 Å². The molecule has 8 nitrogen and oxygen atoms in total. The van der Waals surface area contributed by atoms with Crippen LogP contribution in [0.4, 0.5) is 5.69 Å². The van der Waals surface area contributed by atoms with Crippen LogP contribution in [-0.2, 0) is 22.4 Å². The Bertz CT molecular complexity index is 1770. The smallest absolute Gasteiger partial charge is 0.205 e. The zero-order valence-corrected chi connectivity index (χ0v) is 22.0. The van der Waals surface area contributed by atoms with Crippen LogP contribution < -0.4 is 4.74 Å². The quantitative estimate of drug-likeness (QED) is 0.279. The minimum absolute atomic E-state index is 0.127. The Labute approximate surface area is 230 Å². The molecule has 202 valence electrons. The van der Waals surface area contributed by atoms with E-state index in [1.165, 1.54) is 4.57 Å². The van der Waals surface area contributed by atoms with Gasteiger partial charge in [-0.1, -0.05) is 42.5 Å². The summed E-state index contributed by atoms with van der Waals surface area (Å²) in [6, 6.07) is 16.3. The second-order valence-corrected chi connectivity index (χ2v) is 11.1. The van der Waals surface area contributed by atoms with E-state index in [0.29, 0.717) is 57.4 Å². The number of aliphatic hydroxyl groups excluding tert-OH is 1. The van der Waals surface area contributed by atoms with Gasteiger partial charge in [-0.3, -0.25) is 9.36 Å². The van der Waals surface area contributed by atoms with E-state index in [9.17, 15) is 20.1 Å². The number of nitrogens with zero attached hydrogens (tertiary/aromatic N) is 2. The Kier molecular flexibility index (Phi) is 5.30. The highest BCUT2D eigenvalue weighted by molar-refractivity contribution is 6.00. The van der Waals surface area contributed by atoms with Crippen molar-refractivity contribution in [3.05, 3.63) is 88.3 Å². The van der Waals surface area contributed by atoms with Gasteiger partial charge in [0.25, 0.3) is 0 Å². The van der Waals surface area contributed by atoms with Crippen LogP contribution in [0.2, 0.25) is 0 Å². The number of benzene rings is 3. The van der Waals surface area contributed by atoms with Gasteiger partial charge in [0, 0.05) is 30.4 Å². The van der Waals surface area contributed by atoms with Gasteiger partial charge in [-0.15, -0.1) is 0 Å². The second-order valence-electron chi connectivity index (χ2n) is 11.1. The zero-order valence-electron chi connectivity index (χ0n) is 22.0. The fourth-order valence-corrected chi connectivity index (χ4v) is 7.01. The molecule has 0 saturated carbocycles. The predicted octanol–water partition coefficient (Wildman–Crippen LogP) is 5.79. The number of aromatic nitrogens is 1. The number of ether oxygens (including phenoxy) is 2. The molecule has 0 radical (unpaired) electrons. The van der Waals surface area contributed by atoms with Gasteiger partial charge in [0.15, 0.2) is 11.5 Å². The van der Waals surface area contributed by atoms with Gasteiger partial charge in [0.1, 0.15) is 17.0 Å². The van der Waals surface area contributed by atoms with Gasteiger partial charge >= 0.3 is 0 Å². The lowest BCUT2D eigenvalue weighted by molar-refractivity contribution is -0.107. The molecule has 3 atom stereocenters. The first kappa shape index (κ1) is 24.7. The molecule has 3 aromatic carbocycles. The molecular formula is C32H28N2O6. The van der Waals surface area contributed by atoms with Crippen LogP contribution in [0.1, 0.15) is 59.7 Å². The first-order valence-electron chi connectivity index (χ1n) is 13.5. The molecule has 1 aromatic heterocycles. The Morgan fingerprint density at radius 3 is 2.62 bits per heavy atom. The van der Waals surface area contributed by atoms with Crippen LogP contribution in [0.15, 0.2) is 54.6 Å². The molecule has 1 fully saturated rings. The normalized spacial score (nSPS) is 24.6. The minimum atomic E-state index is -1.22. The van der Waals surface area contributed by atoms with E-state index < -0.39 is 17.3 Å². The van der Waals surface area contributed by atoms with Crippen LogP contribution in [0.5, 0.6) is 17.5 Å². The number of hydrogen-bond donors (Lipinski definition) is 3. The molecule has 1 saturated heterocycles. The highest BCUT2D eigenvalue weighted by atomic mass is 16.6. The molecular weight excluding hydrogens is 508 g/mol. The van der Waals surface area contributed by atoms with Gasteiger partial charge in [0.2, 0.25) is 11.8 Å². The second kappa shape index (κ2) is 8.59. The van der Waals surface area contributed by atoms with E-state index in [2.05, 4.69) is 4.85 Å². The largest absolute Gasteiger partial charge is 0.494 e. The standard InChI is InChI=1S/C32H28N2O6/c1-31-26(36)17-32(40-31,15-16-39-25-12-6-9-20-21(25)10-5-11-24(20)35)28-27(31)29(37)34(30(28)38)23-14-13-22(33-2)18-7-3-4-8-19(18)23/h3-4,6-9,12-14,26,36-38H,5,10-11,15-17H2,1H3. The Balaban J connectivity index is 1.29. The van der Waals surface area contributed by atoms with Crippen molar-refractivity contribution in [1.82, 2.24) is 4.57 Å². The molecule has 3 unspecified atom stereocenters. The third-order valence-electron chi connectivity index (χ3n) is 8.91. The van der Waals surface area contributed by atoms with E-state index in [1.54, 1.807) is 19.1 Å². The van der Waals surface area contributed by atoms with Crippen molar-refractivity contribution in [2.75, 3.05) is 6.61 Å². The highest BCUT2D eigenvalue weighted by Crippen LogP contribution is 2.65. The van der Waals surface area contributed by atoms with Gasteiger partial charge in [-0.05, 0) is 42.7 Å². The van der Waals surface area contributed by atoms with Crippen molar-refractivity contribution < 1.29 is 29.6 Å². The van der Waals surface area contributed by atoms with Crippen molar-refractivity contribution in [3.63, 3.8) is 0 Å². The van der Waals surface area contributed by atoms with Crippen LogP contribution in [0, 0.1) is 6.57 Å². The van der Waals surface area contributed by atoms with Crippen molar-refractivity contribution in [2.45, 2.75) is 56.3 Å². The molecule has 40 heavy (non-hydrogen) atoms. The minimum Gasteiger partial charge on any atom is -0.494 e. The average Bonchev–Trinajstić information content (AvgIpc) is 3.49. The number of rotatable bonds is 5. The number of ketones is 1. The van der Waals surface area contributed by atoms with Crippen LogP contribution in [-0.4, -0.2) is 38.4 Å². The SMILES string of the molecule is [C-]#[N+]c1ccc(-n2c(O)c3c(c2O)C2(C)OC3(CCOc3cccc4c3CCCC4=O)CC2O)c2ccccc12. The summed E-state index contributed by atoms with van der Waals surface area (Å²) in [5.41, 5.74) is 1.15. The lowest BCUT2D eigenvalue weighted by Crippen LogP contribution is -2.33. The summed E-state index contributed by atoms with van der Waals surface area (Å²) in [6.45, 7) is 9.49. The molecule has 1 aliphatic carbocycles. The maximum absolute atomic E-state index is 12.4. The lowest BCUT2D eigenvalue weighted by Gasteiger charge is -2.27. The topological polar surface area (TPSA) is 106 Å². The van der Waals surface area contributed by atoms with E-state index in [1.807, 2.05) is 42.5 Å². The van der Waals surface area contributed by atoms with E-state index >= 15 is 0 Å². The molecule has 8 heteroatoms. The summed E-state index contributed by atoms with van der Waals surface area (Å²) >= 11 is 0. The third-order valence-corrected chi connectivity index (χ3v) is 8.91. The van der Waals surface area contributed by atoms with Crippen molar-refractivity contribution in [1.29, 1.82) is 0 Å². The number of carbonyl (C=O) groups is 1. The molecule has 2 bridgehead atoms. The molecule has 7 rings (SSSR count). The van der Waals surface area contributed by atoms with E-state index in [0.717, 1.165) is 18.4 Å². The lowest BCUT2D eigenvalue weighted by atomic mass is 9.76. The molecule has 2 aliphatic heterocycles. The molecule has 3 aliphatic rings. The Morgan fingerprint density at radius 1 is 1.05 bits per heavy atom. The van der Waals surface area contributed by atoms with Crippen LogP contribution >= 0.6 is 0 Å². The van der Waals surface area contributed by atoms with Crippen molar-refractivity contribution >= 4 is 22.2 Å². The van der Waals surface area contributed by atoms with Gasteiger partial charge in [-0.2, -0.15) is 0 Å². The number of fused-ring (bicyclic) bond motifs is 7. The molecule has 3 N–H and O–H groups in total. The van der Waals surface area contributed by atoms with Gasteiger partial charge < -0.3 is 24.8 Å². The molecule has 0 spiro atoms. The highest BCUT2D eigenvalue weighted by Gasteiger charge is 2.66. The maximum Gasteiger partial charge on any atom is 0.205 e.